The topological polar surface area (TPSA) is 56.4 Å². The fraction of sp³-hybridized carbons (Fsp3) is 0.444. The van der Waals surface area contributed by atoms with E-state index in [0.29, 0.717) is 25.3 Å². The number of carbonyl (C=O) groups excluding carboxylic acids is 2. The molecule has 1 aliphatic heterocycles. The van der Waals surface area contributed by atoms with Crippen molar-refractivity contribution in [3.05, 3.63) is 36.0 Å². The van der Waals surface area contributed by atoms with Gasteiger partial charge in [0.1, 0.15) is 11.7 Å². The van der Waals surface area contributed by atoms with Crippen LogP contribution < -0.4 is 0 Å². The summed E-state index contributed by atoms with van der Waals surface area (Å²) in [6, 6.07) is 9.37. The molecule has 2 aromatic rings. The van der Waals surface area contributed by atoms with Crippen LogP contribution in [0.1, 0.15) is 37.2 Å². The van der Waals surface area contributed by atoms with Gasteiger partial charge >= 0.3 is 0 Å². The van der Waals surface area contributed by atoms with Crippen molar-refractivity contribution in [1.29, 1.82) is 0 Å². The van der Waals surface area contributed by atoms with Gasteiger partial charge in [-0.3, -0.25) is 9.59 Å². The third-order valence-corrected chi connectivity index (χ3v) is 4.63. The number of fused-ring (bicyclic) bond motifs is 1. The Morgan fingerprint density at radius 2 is 2.00 bits per heavy atom. The molecule has 122 valence electrons. The first kappa shape index (κ1) is 15.6. The van der Waals surface area contributed by atoms with E-state index in [4.69, 9.17) is 0 Å². The Morgan fingerprint density at radius 3 is 2.70 bits per heavy atom. The molecular weight excluding hydrogens is 290 g/mol. The number of nitrogens with one attached hydrogen (secondary N) is 1. The Labute approximate surface area is 136 Å². The van der Waals surface area contributed by atoms with Gasteiger partial charge in [0, 0.05) is 30.5 Å². The van der Waals surface area contributed by atoms with Gasteiger partial charge in [0.25, 0.3) is 5.91 Å². The molecule has 23 heavy (non-hydrogen) atoms. The summed E-state index contributed by atoms with van der Waals surface area (Å²) >= 11 is 0. The predicted octanol–water partition coefficient (Wildman–Crippen LogP) is 2.64. The number of benzene rings is 1. The fourth-order valence-electron chi connectivity index (χ4n) is 3.36. The minimum atomic E-state index is -0.325. The van der Waals surface area contributed by atoms with Gasteiger partial charge in [-0.15, -0.1) is 0 Å². The molecule has 2 heterocycles. The molecule has 0 aliphatic carbocycles. The molecule has 1 aromatic heterocycles. The van der Waals surface area contributed by atoms with E-state index < -0.39 is 0 Å². The van der Waals surface area contributed by atoms with Crippen molar-refractivity contribution in [1.82, 2.24) is 14.8 Å². The van der Waals surface area contributed by atoms with Crippen LogP contribution in [0.3, 0.4) is 0 Å². The first-order chi connectivity index (χ1) is 11.2. The van der Waals surface area contributed by atoms with Crippen LogP contribution >= 0.6 is 0 Å². The van der Waals surface area contributed by atoms with Crippen molar-refractivity contribution in [3.63, 3.8) is 0 Å². The lowest BCUT2D eigenvalue weighted by Gasteiger charge is -2.28. The smallest absolute Gasteiger partial charge is 0.270 e. The molecule has 1 N–H and O–H groups in total. The zero-order valence-corrected chi connectivity index (χ0v) is 13.7. The Kier molecular flexibility index (Phi) is 4.37. The minimum Gasteiger partial charge on any atom is -0.351 e. The van der Waals surface area contributed by atoms with Crippen molar-refractivity contribution in [2.24, 2.45) is 0 Å². The molecule has 0 unspecified atom stereocenters. The first-order valence-electron chi connectivity index (χ1n) is 8.33. The third-order valence-electron chi connectivity index (χ3n) is 4.63. The summed E-state index contributed by atoms with van der Waals surface area (Å²) in [7, 11) is 0. The fourth-order valence-corrected chi connectivity index (χ4v) is 3.36. The van der Waals surface area contributed by atoms with Crippen LogP contribution in [0.5, 0.6) is 0 Å². The lowest BCUT2D eigenvalue weighted by molar-refractivity contribution is -0.134. The molecule has 0 bridgehead atoms. The second-order valence-corrected chi connectivity index (χ2v) is 5.94. The summed E-state index contributed by atoms with van der Waals surface area (Å²) in [6.07, 6.45) is 1.63. The number of likely N-dealkylation sites (tertiary alicyclic amines) is 1. The SMILES string of the molecule is CCN(CC)C(=O)[C@H]1CCCN1C(=O)c1cc2ccccc2[nH]1. The Hall–Kier alpha value is -2.30. The molecule has 1 saturated heterocycles. The molecule has 2 amide bonds. The van der Waals surface area contributed by atoms with Gasteiger partial charge in [-0.05, 0) is 38.8 Å². The van der Waals surface area contributed by atoms with Gasteiger partial charge in [-0.2, -0.15) is 0 Å². The van der Waals surface area contributed by atoms with E-state index in [0.717, 1.165) is 23.7 Å². The van der Waals surface area contributed by atoms with E-state index in [1.807, 2.05) is 49.1 Å². The van der Waals surface area contributed by atoms with E-state index in [2.05, 4.69) is 4.98 Å². The van der Waals surface area contributed by atoms with Gasteiger partial charge < -0.3 is 14.8 Å². The number of nitrogens with zero attached hydrogens (tertiary/aromatic N) is 2. The van der Waals surface area contributed by atoms with Gasteiger partial charge in [0.15, 0.2) is 0 Å². The average molecular weight is 313 g/mol. The van der Waals surface area contributed by atoms with Crippen molar-refractivity contribution >= 4 is 22.7 Å². The Morgan fingerprint density at radius 1 is 1.26 bits per heavy atom. The van der Waals surface area contributed by atoms with Crippen LogP contribution in [-0.4, -0.2) is 52.3 Å². The molecule has 3 rings (SSSR count). The van der Waals surface area contributed by atoms with Crippen molar-refractivity contribution in [2.45, 2.75) is 32.7 Å². The first-order valence-corrected chi connectivity index (χ1v) is 8.33. The van der Waals surface area contributed by atoms with E-state index in [1.54, 1.807) is 4.90 Å². The summed E-state index contributed by atoms with van der Waals surface area (Å²) in [5, 5.41) is 1.02. The normalized spacial score (nSPS) is 17.7. The van der Waals surface area contributed by atoms with Crippen molar-refractivity contribution in [3.8, 4) is 0 Å². The van der Waals surface area contributed by atoms with E-state index in [1.165, 1.54) is 0 Å². The summed E-state index contributed by atoms with van der Waals surface area (Å²) in [4.78, 5) is 32.2. The van der Waals surface area contributed by atoms with Gasteiger partial charge in [0.05, 0.1) is 0 Å². The van der Waals surface area contributed by atoms with Gasteiger partial charge in [-0.1, -0.05) is 18.2 Å². The molecule has 5 heteroatoms. The van der Waals surface area contributed by atoms with E-state index in [9.17, 15) is 9.59 Å². The summed E-state index contributed by atoms with van der Waals surface area (Å²) in [5.74, 6) is -0.0128. The molecular formula is C18H23N3O2. The zero-order chi connectivity index (χ0) is 16.4. The van der Waals surface area contributed by atoms with E-state index >= 15 is 0 Å². The van der Waals surface area contributed by atoms with Crippen LogP contribution in [0.15, 0.2) is 30.3 Å². The van der Waals surface area contributed by atoms with Gasteiger partial charge in [0.2, 0.25) is 5.91 Å². The number of hydrogen-bond donors (Lipinski definition) is 1. The average Bonchev–Trinajstić information content (AvgIpc) is 3.21. The Balaban J connectivity index is 1.84. The summed E-state index contributed by atoms with van der Waals surface area (Å²) in [5.41, 5.74) is 1.51. The lowest BCUT2D eigenvalue weighted by atomic mass is 10.2. The second kappa shape index (κ2) is 6.44. The van der Waals surface area contributed by atoms with Crippen LogP contribution in [-0.2, 0) is 4.79 Å². The molecule has 1 aromatic carbocycles. The van der Waals surface area contributed by atoms with Crippen LogP contribution in [0.2, 0.25) is 0 Å². The Bertz CT molecular complexity index is 685. The number of rotatable bonds is 4. The molecule has 1 atom stereocenters. The highest BCUT2D eigenvalue weighted by atomic mass is 16.2. The molecule has 0 saturated carbocycles. The highest BCUT2D eigenvalue weighted by Gasteiger charge is 2.36. The van der Waals surface area contributed by atoms with Crippen LogP contribution in [0.4, 0.5) is 0 Å². The lowest BCUT2D eigenvalue weighted by Crippen LogP contribution is -2.47. The number of carbonyl (C=O) groups is 2. The highest BCUT2D eigenvalue weighted by Crippen LogP contribution is 2.23. The summed E-state index contributed by atoms with van der Waals surface area (Å²) < 4.78 is 0. The quantitative estimate of drug-likeness (QED) is 0.943. The summed E-state index contributed by atoms with van der Waals surface area (Å²) in [6.45, 7) is 5.95. The van der Waals surface area contributed by atoms with E-state index in [-0.39, 0.29) is 17.9 Å². The van der Waals surface area contributed by atoms with Crippen molar-refractivity contribution < 1.29 is 9.59 Å². The maximum Gasteiger partial charge on any atom is 0.270 e. The molecule has 1 aliphatic rings. The predicted molar refractivity (Wildman–Crippen MR) is 90.3 cm³/mol. The molecule has 5 nitrogen and oxygen atoms in total. The molecule has 0 radical (unpaired) electrons. The maximum atomic E-state index is 12.9. The number of aromatic nitrogens is 1. The monoisotopic (exact) mass is 313 g/mol. The number of likely N-dealkylation sites (N-methyl/N-ethyl adjacent to an activating group) is 1. The standard InChI is InChI=1S/C18H23N3O2/c1-3-20(4-2)18(23)16-10-7-11-21(16)17(22)15-12-13-8-5-6-9-14(13)19-15/h5-6,8-9,12,16,19H,3-4,7,10-11H2,1-2H3/t16-/m1/s1. The highest BCUT2D eigenvalue weighted by molar-refractivity contribution is 6.00. The largest absolute Gasteiger partial charge is 0.351 e. The van der Waals surface area contributed by atoms with Gasteiger partial charge in [-0.25, -0.2) is 0 Å². The molecule has 1 fully saturated rings. The maximum absolute atomic E-state index is 12.9. The number of hydrogen-bond acceptors (Lipinski definition) is 2. The third kappa shape index (κ3) is 2.83. The van der Waals surface area contributed by atoms with Crippen molar-refractivity contribution in [2.75, 3.05) is 19.6 Å². The number of aromatic amines is 1. The molecule has 0 spiro atoms. The minimum absolute atomic E-state index is 0.0666. The number of para-hydroxylation sites is 1. The second-order valence-electron chi connectivity index (χ2n) is 5.94. The number of H-pyrrole nitrogens is 1. The van der Waals surface area contributed by atoms with Crippen LogP contribution in [0, 0.1) is 0 Å². The zero-order valence-electron chi connectivity index (χ0n) is 13.7. The van der Waals surface area contributed by atoms with Crippen LogP contribution in [0.25, 0.3) is 10.9 Å². The number of amides is 2.